The van der Waals surface area contributed by atoms with Crippen LogP contribution in [0.2, 0.25) is 0 Å². The van der Waals surface area contributed by atoms with Crippen molar-refractivity contribution in [3.63, 3.8) is 0 Å². The highest BCUT2D eigenvalue weighted by atomic mass is 15.0. The zero-order valence-electron chi connectivity index (χ0n) is 20.3. The number of hydrogen-bond acceptors (Lipinski definition) is 3. The highest BCUT2D eigenvalue weighted by molar-refractivity contribution is 6.02. The fourth-order valence-corrected chi connectivity index (χ4v) is 5.57. The van der Waals surface area contributed by atoms with Gasteiger partial charge >= 0.3 is 0 Å². The Hall–Kier alpha value is -4.37. The Labute approximate surface area is 210 Å². The highest BCUT2D eigenvalue weighted by Crippen LogP contribution is 2.50. The molecule has 2 aliphatic rings. The van der Waals surface area contributed by atoms with Gasteiger partial charge < -0.3 is 0 Å². The van der Waals surface area contributed by atoms with Gasteiger partial charge in [-0.15, -0.1) is 0 Å². The highest BCUT2D eigenvalue weighted by Gasteiger charge is 2.33. The SMILES string of the molecule is Cc1ccc(-c2nc(-c3ccc(C)cc3)nc(-c3ccc4c5c(cccc35)C3C=CC=CC43)n2)cc1. The second kappa shape index (κ2) is 8.10. The summed E-state index contributed by atoms with van der Waals surface area (Å²) in [4.78, 5) is 14.9. The summed E-state index contributed by atoms with van der Waals surface area (Å²) < 4.78 is 0. The molecule has 4 aromatic carbocycles. The lowest BCUT2D eigenvalue weighted by atomic mass is 9.86. The standard InChI is InChI=1S/C33H25N3/c1-20-10-14-22(15-11-20)31-34-32(23-16-12-21(2)13-17-23)36-33(35-31)29-19-18-28-25-7-4-3-6-24(25)26-8-5-9-27(29)30(26)28/h3-19,24-25H,1-2H3. The Morgan fingerprint density at radius 3 is 1.64 bits per heavy atom. The summed E-state index contributed by atoms with van der Waals surface area (Å²) in [6.07, 6.45) is 8.99. The minimum absolute atomic E-state index is 0.397. The monoisotopic (exact) mass is 463 g/mol. The van der Waals surface area contributed by atoms with Gasteiger partial charge in [0.15, 0.2) is 17.5 Å². The maximum absolute atomic E-state index is 5.02. The molecule has 0 radical (unpaired) electrons. The van der Waals surface area contributed by atoms with Crippen molar-refractivity contribution in [3.05, 3.63) is 125 Å². The van der Waals surface area contributed by atoms with Gasteiger partial charge in [0.25, 0.3) is 0 Å². The lowest BCUT2D eigenvalue weighted by Gasteiger charge is -2.17. The topological polar surface area (TPSA) is 38.7 Å². The van der Waals surface area contributed by atoms with Crippen molar-refractivity contribution >= 4 is 10.8 Å². The summed E-state index contributed by atoms with van der Waals surface area (Å²) in [6.45, 7) is 4.18. The molecule has 2 atom stereocenters. The largest absolute Gasteiger partial charge is 0.208 e. The fourth-order valence-electron chi connectivity index (χ4n) is 5.57. The molecular formula is C33H25N3. The minimum Gasteiger partial charge on any atom is -0.208 e. The van der Waals surface area contributed by atoms with Crippen molar-refractivity contribution in [3.8, 4) is 34.2 Å². The average molecular weight is 464 g/mol. The zero-order chi connectivity index (χ0) is 24.2. The maximum Gasteiger partial charge on any atom is 0.164 e. The third-order valence-corrected chi connectivity index (χ3v) is 7.45. The number of nitrogens with zero attached hydrogens (tertiary/aromatic N) is 3. The molecule has 1 aromatic heterocycles. The predicted molar refractivity (Wildman–Crippen MR) is 147 cm³/mol. The van der Waals surface area contributed by atoms with Crippen LogP contribution in [0, 0.1) is 13.8 Å². The first-order valence-electron chi connectivity index (χ1n) is 12.5. The van der Waals surface area contributed by atoms with Crippen molar-refractivity contribution in [1.82, 2.24) is 15.0 Å². The molecule has 3 nitrogen and oxygen atoms in total. The van der Waals surface area contributed by atoms with E-state index in [1.165, 1.54) is 33.0 Å². The van der Waals surface area contributed by atoms with Crippen LogP contribution in [0.25, 0.3) is 44.9 Å². The summed E-state index contributed by atoms with van der Waals surface area (Å²) in [6, 6.07) is 27.9. The molecule has 0 spiro atoms. The number of fused-ring (bicyclic) bond motifs is 3. The Bertz CT molecular complexity index is 1600. The number of benzene rings is 4. The van der Waals surface area contributed by atoms with Gasteiger partial charge in [-0.3, -0.25) is 0 Å². The summed E-state index contributed by atoms with van der Waals surface area (Å²) in [5.41, 5.74) is 8.23. The molecule has 0 amide bonds. The van der Waals surface area contributed by atoms with E-state index in [9.17, 15) is 0 Å². The van der Waals surface area contributed by atoms with Crippen LogP contribution >= 0.6 is 0 Å². The van der Waals surface area contributed by atoms with Crippen molar-refractivity contribution in [2.75, 3.05) is 0 Å². The number of aromatic nitrogens is 3. The molecule has 1 heterocycles. The van der Waals surface area contributed by atoms with E-state index in [-0.39, 0.29) is 0 Å². The van der Waals surface area contributed by atoms with E-state index >= 15 is 0 Å². The van der Waals surface area contributed by atoms with E-state index < -0.39 is 0 Å². The molecule has 7 rings (SSSR count). The third-order valence-electron chi connectivity index (χ3n) is 7.45. The Morgan fingerprint density at radius 1 is 0.528 bits per heavy atom. The summed E-state index contributed by atoms with van der Waals surface area (Å²) >= 11 is 0. The van der Waals surface area contributed by atoms with Crippen LogP contribution in [-0.2, 0) is 0 Å². The van der Waals surface area contributed by atoms with E-state index in [0.717, 1.165) is 16.7 Å². The van der Waals surface area contributed by atoms with Gasteiger partial charge in [0.1, 0.15) is 0 Å². The first kappa shape index (κ1) is 21.0. The van der Waals surface area contributed by atoms with Gasteiger partial charge in [0.05, 0.1) is 0 Å². The van der Waals surface area contributed by atoms with Crippen molar-refractivity contribution in [1.29, 1.82) is 0 Å². The average Bonchev–Trinajstić information content (AvgIpc) is 3.25. The molecule has 5 aromatic rings. The molecule has 2 unspecified atom stereocenters. The smallest absolute Gasteiger partial charge is 0.164 e. The number of aryl methyl sites for hydroxylation is 2. The molecule has 3 heteroatoms. The van der Waals surface area contributed by atoms with Crippen molar-refractivity contribution in [2.45, 2.75) is 25.7 Å². The van der Waals surface area contributed by atoms with Crippen LogP contribution in [-0.4, -0.2) is 15.0 Å². The summed E-state index contributed by atoms with van der Waals surface area (Å²) in [7, 11) is 0. The van der Waals surface area contributed by atoms with E-state index in [0.29, 0.717) is 29.3 Å². The zero-order valence-corrected chi connectivity index (χ0v) is 20.3. The molecule has 36 heavy (non-hydrogen) atoms. The first-order chi connectivity index (χ1) is 17.7. The molecule has 0 saturated carbocycles. The normalized spacial score (nSPS) is 17.5. The lowest BCUT2D eigenvalue weighted by molar-refractivity contribution is 0.769. The fraction of sp³-hybridized carbons (Fsp3) is 0.121. The number of hydrogen-bond donors (Lipinski definition) is 0. The molecule has 172 valence electrons. The number of rotatable bonds is 3. The van der Waals surface area contributed by atoms with Gasteiger partial charge in [-0.05, 0) is 35.7 Å². The molecular weight excluding hydrogens is 438 g/mol. The third kappa shape index (κ3) is 3.31. The second-order valence-corrected chi connectivity index (χ2v) is 9.83. The van der Waals surface area contributed by atoms with Gasteiger partial charge in [-0.25, -0.2) is 15.0 Å². The summed E-state index contributed by atoms with van der Waals surface area (Å²) in [5, 5.41) is 2.55. The Balaban J connectivity index is 1.47. The number of allylic oxidation sites excluding steroid dienone is 4. The van der Waals surface area contributed by atoms with E-state index in [4.69, 9.17) is 15.0 Å². The van der Waals surface area contributed by atoms with Crippen LogP contribution in [0.1, 0.15) is 34.1 Å². The maximum atomic E-state index is 5.02. The Morgan fingerprint density at radius 2 is 1.06 bits per heavy atom. The van der Waals surface area contributed by atoms with Crippen LogP contribution in [0.15, 0.2) is 103 Å². The van der Waals surface area contributed by atoms with Crippen LogP contribution in [0.3, 0.4) is 0 Å². The van der Waals surface area contributed by atoms with Gasteiger partial charge in [0.2, 0.25) is 0 Å². The molecule has 0 bridgehead atoms. The molecule has 0 aliphatic heterocycles. The first-order valence-corrected chi connectivity index (χ1v) is 12.5. The van der Waals surface area contributed by atoms with Crippen LogP contribution in [0.4, 0.5) is 0 Å². The van der Waals surface area contributed by atoms with Crippen molar-refractivity contribution < 1.29 is 0 Å². The van der Waals surface area contributed by atoms with E-state index in [1.54, 1.807) is 0 Å². The quantitative estimate of drug-likeness (QED) is 0.272. The molecule has 0 fully saturated rings. The summed E-state index contributed by atoms with van der Waals surface area (Å²) in [5.74, 6) is 2.89. The van der Waals surface area contributed by atoms with Gasteiger partial charge in [-0.2, -0.15) is 0 Å². The molecule has 0 saturated heterocycles. The lowest BCUT2D eigenvalue weighted by Crippen LogP contribution is -2.02. The van der Waals surface area contributed by atoms with E-state index in [2.05, 4.69) is 117 Å². The van der Waals surface area contributed by atoms with Crippen molar-refractivity contribution in [2.24, 2.45) is 0 Å². The second-order valence-electron chi connectivity index (χ2n) is 9.83. The molecule has 0 N–H and O–H groups in total. The predicted octanol–water partition coefficient (Wildman–Crippen LogP) is 7.95. The minimum atomic E-state index is 0.397. The van der Waals surface area contributed by atoms with Crippen LogP contribution in [0.5, 0.6) is 0 Å². The molecule has 2 aliphatic carbocycles. The van der Waals surface area contributed by atoms with Crippen LogP contribution < -0.4 is 0 Å². The Kier molecular flexibility index (Phi) is 4.71. The van der Waals surface area contributed by atoms with Gasteiger partial charge in [-0.1, -0.05) is 114 Å². The van der Waals surface area contributed by atoms with E-state index in [1.807, 2.05) is 0 Å². The van der Waals surface area contributed by atoms with Gasteiger partial charge in [0, 0.05) is 28.5 Å².